The lowest BCUT2D eigenvalue weighted by atomic mass is 10.3. The first kappa shape index (κ1) is 9.61. The van der Waals surface area contributed by atoms with Crippen molar-refractivity contribution in [3.8, 4) is 0 Å². The van der Waals surface area contributed by atoms with E-state index in [0.717, 1.165) is 0 Å². The molecule has 11 heavy (non-hydrogen) atoms. The van der Waals surface area contributed by atoms with Gasteiger partial charge in [0.05, 0.1) is 6.54 Å². The Hall–Kier alpha value is -1.39. The summed E-state index contributed by atoms with van der Waals surface area (Å²) in [5, 5.41) is 2.24. The molecule has 0 unspecified atom stereocenters. The second-order valence-corrected chi connectivity index (χ2v) is 1.95. The third-order valence-electron chi connectivity index (χ3n) is 0.949. The van der Waals surface area contributed by atoms with Crippen LogP contribution in [0.1, 0.15) is 12.8 Å². The third kappa shape index (κ3) is 6.50. The maximum absolute atomic E-state index is 10.6. The van der Waals surface area contributed by atoms with Crippen molar-refractivity contribution >= 4 is 18.1 Å². The summed E-state index contributed by atoms with van der Waals surface area (Å²) in [7, 11) is 0. The molecule has 3 N–H and O–H groups in total. The van der Waals surface area contributed by atoms with Crippen LogP contribution in [0.3, 0.4) is 0 Å². The fraction of sp³-hybridized carbons (Fsp3) is 0.500. The van der Waals surface area contributed by atoms with Crippen molar-refractivity contribution in [2.24, 2.45) is 5.73 Å². The van der Waals surface area contributed by atoms with E-state index in [4.69, 9.17) is 5.73 Å². The van der Waals surface area contributed by atoms with Gasteiger partial charge in [0.15, 0.2) is 0 Å². The van der Waals surface area contributed by atoms with Crippen LogP contribution in [0.2, 0.25) is 0 Å². The number of nitrogens with one attached hydrogen (secondary N) is 1. The van der Waals surface area contributed by atoms with E-state index in [1.807, 2.05) is 0 Å². The Bertz CT molecular complexity index is 167. The van der Waals surface area contributed by atoms with Gasteiger partial charge in [0.2, 0.25) is 11.8 Å². The zero-order valence-corrected chi connectivity index (χ0v) is 6.00. The summed E-state index contributed by atoms with van der Waals surface area (Å²) >= 11 is 0. The molecule has 0 saturated heterocycles. The van der Waals surface area contributed by atoms with E-state index in [9.17, 15) is 14.4 Å². The molecule has 0 rings (SSSR count). The quantitative estimate of drug-likeness (QED) is 0.480. The first-order valence-corrected chi connectivity index (χ1v) is 3.15. The highest BCUT2D eigenvalue weighted by atomic mass is 16.2. The highest BCUT2D eigenvalue weighted by molar-refractivity contribution is 5.84. The van der Waals surface area contributed by atoms with Crippen LogP contribution in [-0.2, 0) is 14.4 Å². The molecule has 0 bridgehead atoms. The van der Waals surface area contributed by atoms with Crippen LogP contribution in [0.25, 0.3) is 0 Å². The normalized spacial score (nSPS) is 8.73. The van der Waals surface area contributed by atoms with Crippen LogP contribution in [0, 0.1) is 0 Å². The van der Waals surface area contributed by atoms with Crippen LogP contribution < -0.4 is 11.1 Å². The first-order chi connectivity index (χ1) is 5.16. The number of carbonyl (C=O) groups excluding carboxylic acids is 3. The van der Waals surface area contributed by atoms with E-state index in [2.05, 4.69) is 5.32 Å². The highest BCUT2D eigenvalue weighted by Crippen LogP contribution is 1.82. The molecule has 0 aromatic carbocycles. The molecule has 62 valence electrons. The minimum absolute atomic E-state index is 0.108. The Balaban J connectivity index is 3.37. The average Bonchev–Trinajstić information content (AvgIpc) is 1.97. The monoisotopic (exact) mass is 158 g/mol. The van der Waals surface area contributed by atoms with E-state index in [0.29, 0.717) is 6.29 Å². The Morgan fingerprint density at radius 3 is 2.55 bits per heavy atom. The molecular weight excluding hydrogens is 148 g/mol. The lowest BCUT2D eigenvalue weighted by Gasteiger charge is -1.98. The van der Waals surface area contributed by atoms with Gasteiger partial charge in [-0.3, -0.25) is 9.59 Å². The predicted molar refractivity (Wildman–Crippen MR) is 37.5 cm³/mol. The van der Waals surface area contributed by atoms with Crippen molar-refractivity contribution < 1.29 is 14.4 Å². The van der Waals surface area contributed by atoms with E-state index in [1.54, 1.807) is 0 Å². The van der Waals surface area contributed by atoms with Gasteiger partial charge in [0.1, 0.15) is 6.29 Å². The number of rotatable bonds is 5. The van der Waals surface area contributed by atoms with Crippen LogP contribution in [0.5, 0.6) is 0 Å². The molecule has 0 spiro atoms. The van der Waals surface area contributed by atoms with Gasteiger partial charge in [-0.1, -0.05) is 0 Å². The van der Waals surface area contributed by atoms with Gasteiger partial charge in [0, 0.05) is 12.8 Å². The molecule has 0 aliphatic carbocycles. The van der Waals surface area contributed by atoms with Crippen molar-refractivity contribution in [2.45, 2.75) is 12.8 Å². The van der Waals surface area contributed by atoms with Gasteiger partial charge in [-0.2, -0.15) is 0 Å². The van der Waals surface area contributed by atoms with Gasteiger partial charge >= 0.3 is 0 Å². The maximum Gasteiger partial charge on any atom is 0.236 e. The molecule has 5 nitrogen and oxygen atoms in total. The molecular formula is C6H10N2O3. The van der Waals surface area contributed by atoms with Crippen LogP contribution >= 0.6 is 0 Å². The number of carbonyl (C=O) groups is 3. The molecule has 0 heterocycles. The van der Waals surface area contributed by atoms with Crippen LogP contribution in [-0.4, -0.2) is 24.6 Å². The number of hydrogen-bond donors (Lipinski definition) is 2. The molecule has 0 saturated carbocycles. The Morgan fingerprint density at radius 2 is 2.09 bits per heavy atom. The topological polar surface area (TPSA) is 89.3 Å². The average molecular weight is 158 g/mol. The number of primary amides is 1. The van der Waals surface area contributed by atoms with E-state index < -0.39 is 5.91 Å². The predicted octanol–water partition coefficient (Wildman–Crippen LogP) is -1.43. The van der Waals surface area contributed by atoms with Gasteiger partial charge in [-0.25, -0.2) is 0 Å². The van der Waals surface area contributed by atoms with Gasteiger partial charge in [-0.05, 0) is 0 Å². The smallest absolute Gasteiger partial charge is 0.236 e. The molecule has 0 radical (unpaired) electrons. The number of aldehydes is 1. The number of hydrogen-bond acceptors (Lipinski definition) is 3. The van der Waals surface area contributed by atoms with Crippen molar-refractivity contribution in [1.29, 1.82) is 0 Å². The summed E-state index contributed by atoms with van der Waals surface area (Å²) in [5.74, 6) is -0.930. The van der Waals surface area contributed by atoms with Gasteiger partial charge in [0.25, 0.3) is 0 Å². The molecule has 2 amide bonds. The maximum atomic E-state index is 10.6. The zero-order chi connectivity index (χ0) is 8.69. The van der Waals surface area contributed by atoms with Crippen LogP contribution in [0.4, 0.5) is 0 Å². The van der Waals surface area contributed by atoms with Gasteiger partial charge < -0.3 is 15.8 Å². The fourth-order valence-corrected chi connectivity index (χ4v) is 0.464. The molecule has 0 aliphatic rings. The van der Waals surface area contributed by atoms with E-state index in [1.165, 1.54) is 0 Å². The lowest BCUT2D eigenvalue weighted by molar-refractivity contribution is -0.125. The minimum atomic E-state index is -0.593. The van der Waals surface area contributed by atoms with Crippen molar-refractivity contribution in [1.82, 2.24) is 5.32 Å². The highest BCUT2D eigenvalue weighted by Gasteiger charge is 2.00. The van der Waals surface area contributed by atoms with Crippen LogP contribution in [0.15, 0.2) is 0 Å². The van der Waals surface area contributed by atoms with Crippen molar-refractivity contribution in [2.75, 3.05) is 6.54 Å². The third-order valence-corrected chi connectivity index (χ3v) is 0.949. The van der Waals surface area contributed by atoms with Crippen molar-refractivity contribution in [3.05, 3.63) is 0 Å². The standard InChI is InChI=1S/C6H10N2O3/c7-5(10)4-8-6(11)2-1-3-9/h3H,1-2,4H2,(H2,7,10)(H,8,11). The Labute approximate surface area is 63.9 Å². The molecule has 0 fully saturated rings. The molecule has 0 aromatic rings. The SMILES string of the molecule is NC(=O)CNC(=O)CCC=O. The Morgan fingerprint density at radius 1 is 1.45 bits per heavy atom. The minimum Gasteiger partial charge on any atom is -0.368 e. The lowest BCUT2D eigenvalue weighted by Crippen LogP contribution is -2.33. The molecule has 5 heteroatoms. The summed E-state index contributed by atoms with van der Waals surface area (Å²) < 4.78 is 0. The largest absolute Gasteiger partial charge is 0.368 e. The first-order valence-electron chi connectivity index (χ1n) is 3.15. The van der Waals surface area contributed by atoms with Gasteiger partial charge in [-0.15, -0.1) is 0 Å². The number of nitrogens with two attached hydrogens (primary N) is 1. The summed E-state index contributed by atoms with van der Waals surface area (Å²) in [4.78, 5) is 30.5. The van der Waals surface area contributed by atoms with E-state index in [-0.39, 0.29) is 25.3 Å². The fourth-order valence-electron chi connectivity index (χ4n) is 0.464. The number of amides is 2. The van der Waals surface area contributed by atoms with Crippen molar-refractivity contribution in [3.63, 3.8) is 0 Å². The molecule has 0 aromatic heterocycles. The summed E-state index contributed by atoms with van der Waals surface area (Å²) in [6, 6.07) is 0. The second kappa shape index (κ2) is 5.40. The Kier molecular flexibility index (Phi) is 4.72. The second-order valence-electron chi connectivity index (χ2n) is 1.95. The zero-order valence-electron chi connectivity index (χ0n) is 6.00. The van der Waals surface area contributed by atoms with E-state index >= 15 is 0 Å². The summed E-state index contributed by atoms with van der Waals surface area (Å²) in [6.45, 7) is -0.169. The molecule has 0 atom stereocenters. The molecule has 0 aliphatic heterocycles. The summed E-state index contributed by atoms with van der Waals surface area (Å²) in [6.07, 6.45) is 0.922. The summed E-state index contributed by atoms with van der Waals surface area (Å²) in [5.41, 5.74) is 4.75.